The molecular weight excluding hydrogens is 320 g/mol. The Morgan fingerprint density at radius 2 is 1.95 bits per heavy atom. The number of carbonyl (C=O) groups excluding carboxylic acids is 1. The van der Waals surface area contributed by atoms with E-state index in [1.165, 1.54) is 18.2 Å². The first-order valence-corrected chi connectivity index (χ1v) is 11.0. The van der Waals surface area contributed by atoms with Gasteiger partial charge in [0.2, 0.25) is 5.91 Å². The summed E-state index contributed by atoms with van der Waals surface area (Å²) < 4.78 is 22.7. The molecule has 3 atom stereocenters. The summed E-state index contributed by atoms with van der Waals surface area (Å²) in [5, 5.41) is 3.05. The minimum Gasteiger partial charge on any atom is -0.354 e. The Balaban J connectivity index is 1.58. The summed E-state index contributed by atoms with van der Waals surface area (Å²) in [5.41, 5.74) is 0. The molecule has 0 aliphatic carbocycles. The quantitative estimate of drug-likeness (QED) is 0.776. The maximum atomic E-state index is 11.8. The average molecular weight is 349 g/mol. The van der Waals surface area contributed by atoms with Crippen LogP contribution in [0.2, 0.25) is 0 Å². The number of hydrogen-bond acceptors (Lipinski definition) is 5. The number of thioether (sulfide) groups is 1. The van der Waals surface area contributed by atoms with Gasteiger partial charge in [-0.25, -0.2) is 8.42 Å². The molecule has 2 fully saturated rings. The van der Waals surface area contributed by atoms with Gasteiger partial charge in [-0.2, -0.15) is 0 Å². The van der Waals surface area contributed by atoms with Crippen LogP contribution < -0.4 is 5.32 Å². The number of likely N-dealkylation sites (tertiary alicyclic amines) is 1. The van der Waals surface area contributed by atoms with E-state index in [9.17, 15) is 13.2 Å². The van der Waals surface area contributed by atoms with E-state index in [4.69, 9.17) is 0 Å². The van der Waals surface area contributed by atoms with Crippen molar-refractivity contribution in [1.82, 2.24) is 10.2 Å². The van der Waals surface area contributed by atoms with Crippen molar-refractivity contribution in [2.24, 2.45) is 11.8 Å². The Kier molecular flexibility index (Phi) is 6.58. The third kappa shape index (κ3) is 6.08. The van der Waals surface area contributed by atoms with Gasteiger partial charge in [0.15, 0.2) is 9.84 Å². The van der Waals surface area contributed by atoms with Crippen molar-refractivity contribution in [2.45, 2.75) is 31.9 Å². The summed E-state index contributed by atoms with van der Waals surface area (Å²) in [7, 11) is -2.84. The topological polar surface area (TPSA) is 66.5 Å². The second-order valence-corrected chi connectivity index (χ2v) is 10.4. The lowest BCUT2D eigenvalue weighted by atomic mass is 9.92. The Morgan fingerprint density at radius 3 is 2.55 bits per heavy atom. The van der Waals surface area contributed by atoms with Crippen LogP contribution in [0, 0.1) is 11.8 Å². The molecule has 0 radical (unpaired) electrons. The van der Waals surface area contributed by atoms with E-state index in [0.29, 0.717) is 18.7 Å². The van der Waals surface area contributed by atoms with E-state index in [1.807, 2.05) is 0 Å². The molecular formula is C15H28N2O3S2. The number of piperidine rings is 1. The van der Waals surface area contributed by atoms with E-state index in [-0.39, 0.29) is 22.7 Å². The van der Waals surface area contributed by atoms with Crippen LogP contribution >= 0.6 is 11.8 Å². The Morgan fingerprint density at radius 1 is 1.27 bits per heavy atom. The molecule has 2 saturated heterocycles. The standard InChI is InChI=1S/C15H28N2O3S2/c1-12-7-13(2)9-17(8-12)5-4-16-15(18)10-21-14-3-6-22(19,20)11-14/h12-14H,3-11H2,1-2H3,(H,16,18)/t12-,13+,14-/m1/s1. The number of hydrogen-bond donors (Lipinski definition) is 1. The summed E-state index contributed by atoms with van der Waals surface area (Å²) in [5.74, 6) is 2.37. The molecule has 2 aliphatic heterocycles. The SMILES string of the molecule is C[C@@H]1C[C@H](C)CN(CCNC(=O)CS[C@@H]2CCS(=O)(=O)C2)C1. The molecule has 2 rings (SSSR count). The first kappa shape index (κ1) is 18.1. The molecule has 1 amide bonds. The van der Waals surface area contributed by atoms with Gasteiger partial charge in [0.25, 0.3) is 0 Å². The number of nitrogens with zero attached hydrogens (tertiary/aromatic N) is 1. The highest BCUT2D eigenvalue weighted by Gasteiger charge is 2.28. The minimum absolute atomic E-state index is 0.0207. The molecule has 0 bridgehead atoms. The molecule has 22 heavy (non-hydrogen) atoms. The monoisotopic (exact) mass is 348 g/mol. The Bertz CT molecular complexity index is 471. The van der Waals surface area contributed by atoms with Gasteiger partial charge in [-0.1, -0.05) is 13.8 Å². The predicted octanol–water partition coefficient (Wildman–Crippen LogP) is 1.00. The summed E-state index contributed by atoms with van der Waals surface area (Å²) in [6.45, 7) is 8.40. The number of amides is 1. The van der Waals surface area contributed by atoms with Gasteiger partial charge >= 0.3 is 0 Å². The molecule has 1 N–H and O–H groups in total. The fourth-order valence-electron chi connectivity index (χ4n) is 3.46. The summed E-state index contributed by atoms with van der Waals surface area (Å²) >= 11 is 1.48. The van der Waals surface area contributed by atoms with Crippen LogP contribution in [0.1, 0.15) is 26.7 Å². The van der Waals surface area contributed by atoms with Gasteiger partial charge in [0.05, 0.1) is 17.3 Å². The van der Waals surface area contributed by atoms with Crippen molar-refractivity contribution in [3.05, 3.63) is 0 Å². The zero-order chi connectivity index (χ0) is 16.2. The second-order valence-electron chi connectivity index (χ2n) is 6.89. The molecule has 0 aromatic carbocycles. The molecule has 2 aliphatic rings. The molecule has 7 heteroatoms. The third-order valence-corrected chi connectivity index (χ3v) is 7.62. The van der Waals surface area contributed by atoms with E-state index in [2.05, 4.69) is 24.1 Å². The highest BCUT2D eigenvalue weighted by Crippen LogP contribution is 2.24. The summed E-state index contributed by atoms with van der Waals surface area (Å²) in [6, 6.07) is 0. The lowest BCUT2D eigenvalue weighted by Crippen LogP contribution is -2.43. The molecule has 0 spiro atoms. The maximum Gasteiger partial charge on any atom is 0.230 e. The molecule has 0 unspecified atom stereocenters. The van der Waals surface area contributed by atoms with Crippen LogP contribution in [-0.4, -0.2) is 67.9 Å². The van der Waals surface area contributed by atoms with Gasteiger partial charge < -0.3 is 10.2 Å². The molecule has 2 heterocycles. The lowest BCUT2D eigenvalue weighted by molar-refractivity contribution is -0.118. The number of rotatable bonds is 6. The molecule has 0 aromatic heterocycles. The first-order valence-electron chi connectivity index (χ1n) is 8.15. The second kappa shape index (κ2) is 8.02. The fourth-order valence-corrected chi connectivity index (χ4v) is 6.94. The predicted molar refractivity (Wildman–Crippen MR) is 91.9 cm³/mol. The largest absolute Gasteiger partial charge is 0.354 e. The normalized spacial score (nSPS) is 32.0. The fraction of sp³-hybridized carbons (Fsp3) is 0.933. The van der Waals surface area contributed by atoms with Gasteiger partial charge in [-0.3, -0.25) is 4.79 Å². The highest BCUT2D eigenvalue weighted by molar-refractivity contribution is 8.02. The molecule has 0 saturated carbocycles. The first-order chi connectivity index (χ1) is 10.3. The zero-order valence-corrected chi connectivity index (χ0v) is 15.2. The van der Waals surface area contributed by atoms with Gasteiger partial charge in [-0.15, -0.1) is 11.8 Å². The van der Waals surface area contributed by atoms with E-state index >= 15 is 0 Å². The average Bonchev–Trinajstić information content (AvgIpc) is 2.75. The molecule has 5 nitrogen and oxygen atoms in total. The van der Waals surface area contributed by atoms with Crippen molar-refractivity contribution in [3.8, 4) is 0 Å². The smallest absolute Gasteiger partial charge is 0.230 e. The van der Waals surface area contributed by atoms with Crippen LogP contribution in [0.15, 0.2) is 0 Å². The molecule has 0 aromatic rings. The van der Waals surface area contributed by atoms with Crippen molar-refractivity contribution in [3.63, 3.8) is 0 Å². The number of nitrogens with one attached hydrogen (secondary N) is 1. The third-order valence-electron chi connectivity index (χ3n) is 4.34. The van der Waals surface area contributed by atoms with Crippen molar-refractivity contribution >= 4 is 27.5 Å². The lowest BCUT2D eigenvalue weighted by Gasteiger charge is -2.34. The maximum absolute atomic E-state index is 11.8. The van der Waals surface area contributed by atoms with Crippen LogP contribution in [0.25, 0.3) is 0 Å². The van der Waals surface area contributed by atoms with Crippen LogP contribution in [0.4, 0.5) is 0 Å². The van der Waals surface area contributed by atoms with Gasteiger partial charge in [0, 0.05) is 31.4 Å². The summed E-state index contributed by atoms with van der Waals surface area (Å²) in [4.78, 5) is 14.3. The summed E-state index contributed by atoms with van der Waals surface area (Å²) in [6.07, 6.45) is 1.98. The zero-order valence-electron chi connectivity index (χ0n) is 13.6. The van der Waals surface area contributed by atoms with Crippen molar-refractivity contribution in [2.75, 3.05) is 43.4 Å². The van der Waals surface area contributed by atoms with Crippen LogP contribution in [-0.2, 0) is 14.6 Å². The highest BCUT2D eigenvalue weighted by atomic mass is 32.2. The van der Waals surface area contributed by atoms with Crippen LogP contribution in [0.3, 0.4) is 0 Å². The Labute approximate surface area is 138 Å². The number of carbonyl (C=O) groups is 1. The van der Waals surface area contributed by atoms with Crippen LogP contribution in [0.5, 0.6) is 0 Å². The Hall–Kier alpha value is -0.270. The van der Waals surface area contributed by atoms with E-state index in [0.717, 1.165) is 31.5 Å². The van der Waals surface area contributed by atoms with E-state index in [1.54, 1.807) is 0 Å². The van der Waals surface area contributed by atoms with Gasteiger partial charge in [0.1, 0.15) is 0 Å². The van der Waals surface area contributed by atoms with Crippen molar-refractivity contribution in [1.29, 1.82) is 0 Å². The van der Waals surface area contributed by atoms with E-state index < -0.39 is 9.84 Å². The van der Waals surface area contributed by atoms with Crippen molar-refractivity contribution < 1.29 is 13.2 Å². The van der Waals surface area contributed by atoms with Gasteiger partial charge in [-0.05, 0) is 24.7 Å². The number of sulfone groups is 1. The minimum atomic E-state index is -2.84. The molecule has 128 valence electrons.